The quantitative estimate of drug-likeness (QED) is 0.709. The zero-order valence-corrected chi connectivity index (χ0v) is 12.2. The van der Waals surface area contributed by atoms with Crippen LogP contribution in [-0.4, -0.2) is 20.3 Å². The fourth-order valence-corrected chi connectivity index (χ4v) is 1.99. The van der Waals surface area contributed by atoms with Crippen molar-refractivity contribution in [1.29, 1.82) is 0 Å². The van der Waals surface area contributed by atoms with Crippen molar-refractivity contribution in [1.82, 2.24) is 5.32 Å². The average molecular weight is 249 g/mol. The van der Waals surface area contributed by atoms with Crippen LogP contribution in [0.3, 0.4) is 0 Å². The van der Waals surface area contributed by atoms with E-state index in [0.717, 1.165) is 32.0 Å². The van der Waals surface area contributed by atoms with Crippen molar-refractivity contribution in [3.8, 4) is 0 Å². The summed E-state index contributed by atoms with van der Waals surface area (Å²) in [6.07, 6.45) is 2.17. The first kappa shape index (κ1) is 15.2. The van der Waals surface area contributed by atoms with Gasteiger partial charge in [-0.25, -0.2) is 0 Å². The molecule has 0 heterocycles. The predicted octanol–water partition coefficient (Wildman–Crippen LogP) is 3.71. The van der Waals surface area contributed by atoms with Crippen LogP contribution in [0.4, 0.5) is 0 Å². The zero-order valence-electron chi connectivity index (χ0n) is 12.2. The zero-order chi connectivity index (χ0) is 13.4. The topological polar surface area (TPSA) is 21.3 Å². The Morgan fingerprint density at radius 1 is 1.17 bits per heavy atom. The van der Waals surface area contributed by atoms with Crippen LogP contribution in [0.5, 0.6) is 0 Å². The van der Waals surface area contributed by atoms with Crippen LogP contribution in [0.25, 0.3) is 0 Å². The Kier molecular flexibility index (Phi) is 6.99. The maximum Gasteiger partial charge on any atom is 0.0484 e. The fourth-order valence-electron chi connectivity index (χ4n) is 1.99. The molecule has 0 saturated carbocycles. The highest BCUT2D eigenvalue weighted by molar-refractivity contribution is 5.24. The first-order valence-corrected chi connectivity index (χ1v) is 6.95. The van der Waals surface area contributed by atoms with E-state index in [-0.39, 0.29) is 0 Å². The van der Waals surface area contributed by atoms with E-state index in [9.17, 15) is 0 Å². The minimum atomic E-state index is 0.393. The largest absolute Gasteiger partial charge is 0.381 e. The minimum absolute atomic E-state index is 0.393. The predicted molar refractivity (Wildman–Crippen MR) is 77.9 cm³/mol. The molecule has 2 nitrogen and oxygen atoms in total. The van der Waals surface area contributed by atoms with Crippen molar-refractivity contribution >= 4 is 0 Å². The summed E-state index contributed by atoms with van der Waals surface area (Å²) in [5.41, 5.74) is 2.67. The van der Waals surface area contributed by atoms with Crippen LogP contribution < -0.4 is 5.32 Å². The van der Waals surface area contributed by atoms with Crippen molar-refractivity contribution in [2.75, 3.05) is 20.3 Å². The summed E-state index contributed by atoms with van der Waals surface area (Å²) in [5.74, 6) is 0.724. The van der Waals surface area contributed by atoms with Crippen molar-refractivity contribution in [3.05, 3.63) is 35.4 Å². The lowest BCUT2D eigenvalue weighted by molar-refractivity contribution is 0.115. The van der Waals surface area contributed by atoms with Gasteiger partial charge in [-0.3, -0.25) is 0 Å². The molecule has 102 valence electrons. The second kappa shape index (κ2) is 8.28. The van der Waals surface area contributed by atoms with Gasteiger partial charge >= 0.3 is 0 Å². The summed E-state index contributed by atoms with van der Waals surface area (Å²) < 4.78 is 5.69. The van der Waals surface area contributed by atoms with Gasteiger partial charge in [-0.2, -0.15) is 0 Å². The van der Waals surface area contributed by atoms with Crippen LogP contribution in [0.15, 0.2) is 24.3 Å². The summed E-state index contributed by atoms with van der Waals surface area (Å²) >= 11 is 0. The molecule has 0 aliphatic carbocycles. The van der Waals surface area contributed by atoms with Crippen LogP contribution >= 0.6 is 0 Å². The Morgan fingerprint density at radius 2 is 1.89 bits per heavy atom. The third-order valence-electron chi connectivity index (χ3n) is 3.18. The SMILES string of the molecule is CNC(CCOCCC(C)C)c1cccc(C)c1. The minimum Gasteiger partial charge on any atom is -0.381 e. The normalized spacial score (nSPS) is 12.9. The van der Waals surface area contributed by atoms with Gasteiger partial charge in [0.1, 0.15) is 0 Å². The molecule has 2 heteroatoms. The Morgan fingerprint density at radius 3 is 2.50 bits per heavy atom. The molecule has 1 atom stereocenters. The standard InChI is InChI=1S/C16H27NO/c1-13(2)8-10-18-11-9-16(17-4)15-7-5-6-14(3)12-15/h5-7,12-13,16-17H,8-11H2,1-4H3. The second-order valence-corrected chi connectivity index (χ2v) is 5.34. The van der Waals surface area contributed by atoms with Gasteiger partial charge in [-0.05, 0) is 38.3 Å². The molecule has 1 aromatic rings. The fraction of sp³-hybridized carbons (Fsp3) is 0.625. The van der Waals surface area contributed by atoms with E-state index in [0.29, 0.717) is 6.04 Å². The summed E-state index contributed by atoms with van der Waals surface area (Å²) in [5, 5.41) is 3.37. The van der Waals surface area contributed by atoms with E-state index in [1.807, 2.05) is 7.05 Å². The molecule has 18 heavy (non-hydrogen) atoms. The van der Waals surface area contributed by atoms with E-state index in [4.69, 9.17) is 4.74 Å². The summed E-state index contributed by atoms with van der Waals surface area (Å²) in [6, 6.07) is 9.07. The molecular weight excluding hydrogens is 222 g/mol. The van der Waals surface area contributed by atoms with Crippen molar-refractivity contribution < 1.29 is 4.74 Å². The number of benzene rings is 1. The lowest BCUT2D eigenvalue weighted by atomic mass is 10.0. The van der Waals surface area contributed by atoms with E-state index in [1.54, 1.807) is 0 Å². The Hall–Kier alpha value is -0.860. The molecule has 0 aliphatic heterocycles. The number of rotatable bonds is 8. The van der Waals surface area contributed by atoms with Gasteiger partial charge < -0.3 is 10.1 Å². The molecule has 0 bridgehead atoms. The first-order chi connectivity index (χ1) is 8.63. The lowest BCUT2D eigenvalue weighted by Gasteiger charge is -2.17. The Bertz CT molecular complexity index is 336. The molecule has 1 unspecified atom stereocenters. The van der Waals surface area contributed by atoms with Gasteiger partial charge in [0.05, 0.1) is 0 Å². The van der Waals surface area contributed by atoms with Gasteiger partial charge in [0.2, 0.25) is 0 Å². The summed E-state index contributed by atoms with van der Waals surface area (Å²) in [7, 11) is 2.01. The molecule has 0 aliphatic rings. The Labute approximate surface area is 112 Å². The molecule has 1 aromatic carbocycles. The number of nitrogens with one attached hydrogen (secondary N) is 1. The van der Waals surface area contributed by atoms with Gasteiger partial charge in [0, 0.05) is 19.3 Å². The Balaban J connectivity index is 2.34. The van der Waals surface area contributed by atoms with Crippen molar-refractivity contribution in [3.63, 3.8) is 0 Å². The molecule has 0 spiro atoms. The number of aryl methyl sites for hydroxylation is 1. The van der Waals surface area contributed by atoms with Gasteiger partial charge in [-0.1, -0.05) is 43.7 Å². The van der Waals surface area contributed by atoms with E-state index in [1.165, 1.54) is 11.1 Å². The molecule has 1 rings (SSSR count). The monoisotopic (exact) mass is 249 g/mol. The van der Waals surface area contributed by atoms with Gasteiger partial charge in [0.15, 0.2) is 0 Å². The average Bonchev–Trinajstić information content (AvgIpc) is 2.33. The third-order valence-corrected chi connectivity index (χ3v) is 3.18. The molecule has 0 amide bonds. The number of hydrogen-bond donors (Lipinski definition) is 1. The van der Waals surface area contributed by atoms with E-state index in [2.05, 4.69) is 50.4 Å². The second-order valence-electron chi connectivity index (χ2n) is 5.34. The maximum absolute atomic E-state index is 5.69. The number of ether oxygens (including phenoxy) is 1. The van der Waals surface area contributed by atoms with Gasteiger partial charge in [-0.15, -0.1) is 0 Å². The highest BCUT2D eigenvalue weighted by atomic mass is 16.5. The molecule has 0 radical (unpaired) electrons. The maximum atomic E-state index is 5.69. The van der Waals surface area contributed by atoms with E-state index < -0.39 is 0 Å². The highest BCUT2D eigenvalue weighted by Crippen LogP contribution is 2.17. The molecule has 0 fully saturated rings. The smallest absolute Gasteiger partial charge is 0.0484 e. The summed E-state index contributed by atoms with van der Waals surface area (Å²) in [6.45, 7) is 8.29. The molecule has 1 N–H and O–H groups in total. The molecule has 0 saturated heterocycles. The van der Waals surface area contributed by atoms with Crippen LogP contribution in [0.2, 0.25) is 0 Å². The number of hydrogen-bond acceptors (Lipinski definition) is 2. The molecule has 0 aromatic heterocycles. The van der Waals surface area contributed by atoms with Crippen LogP contribution in [-0.2, 0) is 4.74 Å². The van der Waals surface area contributed by atoms with Crippen LogP contribution in [0.1, 0.15) is 43.9 Å². The lowest BCUT2D eigenvalue weighted by Crippen LogP contribution is -2.18. The van der Waals surface area contributed by atoms with Crippen molar-refractivity contribution in [2.45, 2.75) is 39.7 Å². The van der Waals surface area contributed by atoms with Crippen molar-refractivity contribution in [2.24, 2.45) is 5.92 Å². The molecular formula is C16H27NO. The van der Waals surface area contributed by atoms with Crippen LogP contribution in [0, 0.1) is 12.8 Å². The van der Waals surface area contributed by atoms with Gasteiger partial charge in [0.25, 0.3) is 0 Å². The first-order valence-electron chi connectivity index (χ1n) is 6.95. The third kappa shape index (κ3) is 5.65. The van der Waals surface area contributed by atoms with E-state index >= 15 is 0 Å². The highest BCUT2D eigenvalue weighted by Gasteiger charge is 2.08. The summed E-state index contributed by atoms with van der Waals surface area (Å²) in [4.78, 5) is 0.